The van der Waals surface area contributed by atoms with E-state index in [2.05, 4.69) is 32.9 Å². The monoisotopic (exact) mass is 270 g/mol. The van der Waals surface area contributed by atoms with Crippen LogP contribution in [0, 0.1) is 16.2 Å². The largest absolute Gasteiger partial charge is 0.508 e. The maximum Gasteiger partial charge on any atom is 0.115 e. The third-order valence-electron chi connectivity index (χ3n) is 6.34. The molecule has 1 nitrogen and oxygen atoms in total. The zero-order valence-corrected chi connectivity index (χ0v) is 13.0. The molecule has 1 heteroatoms. The molecule has 0 spiro atoms. The summed E-state index contributed by atoms with van der Waals surface area (Å²) in [6.45, 7) is 7.57. The van der Waals surface area contributed by atoms with Crippen molar-refractivity contribution in [2.24, 2.45) is 16.2 Å². The fourth-order valence-electron chi connectivity index (χ4n) is 7.41. The van der Waals surface area contributed by atoms with Crippen LogP contribution in [-0.4, -0.2) is 5.11 Å². The smallest absolute Gasteiger partial charge is 0.115 e. The molecule has 1 N–H and O–H groups in total. The van der Waals surface area contributed by atoms with Gasteiger partial charge in [0.2, 0.25) is 0 Å². The van der Waals surface area contributed by atoms with E-state index in [1.807, 2.05) is 12.1 Å². The van der Waals surface area contributed by atoms with E-state index >= 15 is 0 Å². The second kappa shape index (κ2) is 3.43. The molecule has 0 radical (unpaired) electrons. The van der Waals surface area contributed by atoms with E-state index in [0.717, 1.165) is 0 Å². The molecule has 4 aliphatic rings. The van der Waals surface area contributed by atoms with Gasteiger partial charge in [-0.2, -0.15) is 0 Å². The second-order valence-corrected chi connectivity index (χ2v) is 9.32. The first-order valence-corrected chi connectivity index (χ1v) is 8.04. The fourth-order valence-corrected chi connectivity index (χ4v) is 7.41. The van der Waals surface area contributed by atoms with Gasteiger partial charge in [-0.25, -0.2) is 0 Å². The van der Waals surface area contributed by atoms with Crippen molar-refractivity contribution in [2.75, 3.05) is 0 Å². The Balaban J connectivity index is 1.84. The minimum Gasteiger partial charge on any atom is -0.508 e. The lowest BCUT2D eigenvalue weighted by Gasteiger charge is -2.69. The number of phenols is 1. The van der Waals surface area contributed by atoms with Crippen LogP contribution in [0.15, 0.2) is 24.3 Å². The van der Waals surface area contributed by atoms with Crippen LogP contribution in [0.4, 0.5) is 0 Å². The molecule has 0 atom stereocenters. The number of phenolic OH excluding ortho intramolecular Hbond substituents is 1. The Morgan fingerprint density at radius 1 is 0.700 bits per heavy atom. The van der Waals surface area contributed by atoms with Gasteiger partial charge in [0.1, 0.15) is 5.75 Å². The van der Waals surface area contributed by atoms with Gasteiger partial charge in [-0.05, 0) is 77.9 Å². The predicted molar refractivity (Wildman–Crippen MR) is 81.8 cm³/mol. The Morgan fingerprint density at radius 3 is 1.50 bits per heavy atom. The molecule has 0 saturated heterocycles. The molecule has 0 unspecified atom stereocenters. The first kappa shape index (κ1) is 12.7. The maximum absolute atomic E-state index is 9.59. The minimum atomic E-state index is 0.362. The lowest BCUT2D eigenvalue weighted by Crippen LogP contribution is -2.60. The lowest BCUT2D eigenvalue weighted by atomic mass is 9.35. The highest BCUT2D eigenvalue weighted by atomic mass is 16.3. The lowest BCUT2D eigenvalue weighted by molar-refractivity contribution is -0.152. The fraction of sp³-hybridized carbons (Fsp3) is 0.684. The maximum atomic E-state index is 9.59. The van der Waals surface area contributed by atoms with Crippen molar-refractivity contribution in [3.63, 3.8) is 0 Å². The first-order valence-electron chi connectivity index (χ1n) is 8.04. The molecule has 4 bridgehead atoms. The Labute approximate surface area is 122 Å². The highest BCUT2D eigenvalue weighted by Gasteiger charge is 2.64. The van der Waals surface area contributed by atoms with Gasteiger partial charge >= 0.3 is 0 Å². The van der Waals surface area contributed by atoms with E-state index in [4.69, 9.17) is 0 Å². The van der Waals surface area contributed by atoms with Gasteiger partial charge in [-0.1, -0.05) is 32.9 Å². The topological polar surface area (TPSA) is 20.2 Å². The van der Waals surface area contributed by atoms with Crippen molar-refractivity contribution >= 4 is 0 Å². The third-order valence-corrected chi connectivity index (χ3v) is 6.34. The van der Waals surface area contributed by atoms with Gasteiger partial charge < -0.3 is 5.11 Å². The number of aromatic hydroxyl groups is 1. The summed E-state index contributed by atoms with van der Waals surface area (Å²) in [5.41, 5.74) is 3.40. The van der Waals surface area contributed by atoms with E-state index in [0.29, 0.717) is 27.4 Å². The van der Waals surface area contributed by atoms with Crippen LogP contribution in [0.1, 0.15) is 64.9 Å². The average Bonchev–Trinajstić information content (AvgIpc) is 2.22. The highest BCUT2D eigenvalue weighted by Crippen LogP contribution is 2.73. The molecule has 4 aliphatic carbocycles. The molecule has 1 aromatic rings. The normalized spacial score (nSPS) is 49.5. The van der Waals surface area contributed by atoms with E-state index in [9.17, 15) is 5.11 Å². The average molecular weight is 270 g/mol. The number of hydrogen-bond acceptors (Lipinski definition) is 1. The first-order chi connectivity index (χ1) is 9.24. The van der Waals surface area contributed by atoms with Crippen LogP contribution < -0.4 is 0 Å². The van der Waals surface area contributed by atoms with Gasteiger partial charge in [0.15, 0.2) is 0 Å². The van der Waals surface area contributed by atoms with Gasteiger partial charge in [0, 0.05) is 0 Å². The standard InChI is InChI=1S/C19H26O/c1-16-8-17(2)10-18(3,9-16)13-19(11-16,12-17)14-4-6-15(20)7-5-14/h4-7,20H,8-13H2,1-3H3. The molecular weight excluding hydrogens is 244 g/mol. The van der Waals surface area contributed by atoms with E-state index in [1.165, 1.54) is 44.1 Å². The van der Waals surface area contributed by atoms with Gasteiger partial charge in [-0.3, -0.25) is 0 Å². The van der Waals surface area contributed by atoms with Gasteiger partial charge in [-0.15, -0.1) is 0 Å². The molecule has 0 amide bonds. The molecule has 108 valence electrons. The summed E-state index contributed by atoms with van der Waals surface area (Å²) >= 11 is 0. The van der Waals surface area contributed by atoms with Crippen molar-refractivity contribution in [1.82, 2.24) is 0 Å². The van der Waals surface area contributed by atoms with Crippen molar-refractivity contribution < 1.29 is 5.11 Å². The molecule has 4 saturated carbocycles. The van der Waals surface area contributed by atoms with Crippen LogP contribution in [0.3, 0.4) is 0 Å². The van der Waals surface area contributed by atoms with Crippen molar-refractivity contribution in [3.05, 3.63) is 29.8 Å². The Morgan fingerprint density at radius 2 is 1.10 bits per heavy atom. The summed E-state index contributed by atoms with van der Waals surface area (Å²) < 4.78 is 0. The Bertz CT molecular complexity index is 502. The summed E-state index contributed by atoms with van der Waals surface area (Å²) in [6, 6.07) is 8.11. The molecule has 0 aromatic heterocycles. The molecular formula is C19H26O. The Kier molecular flexibility index (Phi) is 2.18. The van der Waals surface area contributed by atoms with Crippen molar-refractivity contribution in [1.29, 1.82) is 0 Å². The van der Waals surface area contributed by atoms with Crippen LogP contribution >= 0.6 is 0 Å². The molecule has 0 heterocycles. The SMILES string of the molecule is CC12CC3(C)CC(C)(C1)CC(c1ccc(O)cc1)(C2)C3. The van der Waals surface area contributed by atoms with Crippen molar-refractivity contribution in [2.45, 2.75) is 64.7 Å². The van der Waals surface area contributed by atoms with Crippen LogP contribution in [0.5, 0.6) is 5.75 Å². The number of hydrogen-bond donors (Lipinski definition) is 1. The summed E-state index contributed by atoms with van der Waals surface area (Å²) in [6.07, 6.45) is 8.27. The molecule has 0 aliphatic heterocycles. The molecule has 4 fully saturated rings. The number of rotatable bonds is 1. The van der Waals surface area contributed by atoms with Crippen LogP contribution in [0.25, 0.3) is 0 Å². The Hall–Kier alpha value is -0.980. The zero-order valence-electron chi connectivity index (χ0n) is 13.0. The summed E-state index contributed by atoms with van der Waals surface area (Å²) in [4.78, 5) is 0. The molecule has 5 rings (SSSR count). The summed E-state index contributed by atoms with van der Waals surface area (Å²) in [7, 11) is 0. The number of benzene rings is 1. The van der Waals surface area contributed by atoms with Gasteiger partial charge in [0.25, 0.3) is 0 Å². The highest BCUT2D eigenvalue weighted by molar-refractivity contribution is 5.36. The zero-order chi connectivity index (χ0) is 14.2. The van der Waals surface area contributed by atoms with Crippen molar-refractivity contribution in [3.8, 4) is 5.75 Å². The second-order valence-electron chi connectivity index (χ2n) is 9.32. The third kappa shape index (κ3) is 1.68. The predicted octanol–water partition coefficient (Wildman–Crippen LogP) is 5.03. The molecule has 1 aromatic carbocycles. The molecule has 20 heavy (non-hydrogen) atoms. The van der Waals surface area contributed by atoms with E-state index in [1.54, 1.807) is 0 Å². The van der Waals surface area contributed by atoms with Crippen LogP contribution in [-0.2, 0) is 5.41 Å². The van der Waals surface area contributed by atoms with Gasteiger partial charge in [0.05, 0.1) is 0 Å². The minimum absolute atomic E-state index is 0.362. The van der Waals surface area contributed by atoms with E-state index in [-0.39, 0.29) is 0 Å². The van der Waals surface area contributed by atoms with Crippen LogP contribution in [0.2, 0.25) is 0 Å². The quantitative estimate of drug-likeness (QED) is 0.758. The van der Waals surface area contributed by atoms with E-state index < -0.39 is 0 Å². The summed E-state index contributed by atoms with van der Waals surface area (Å²) in [5.74, 6) is 0.391. The summed E-state index contributed by atoms with van der Waals surface area (Å²) in [5, 5.41) is 9.59.